The molecule has 0 radical (unpaired) electrons. The molecule has 1 rings (SSSR count). The van der Waals surface area contributed by atoms with Crippen LogP contribution >= 0.6 is 11.6 Å². The molecule has 0 aliphatic heterocycles. The number of rotatable bonds is 5. The second-order valence-corrected chi connectivity index (χ2v) is 3.55. The van der Waals surface area contributed by atoms with E-state index < -0.39 is 0 Å². The first kappa shape index (κ1) is 11.5. The van der Waals surface area contributed by atoms with Gasteiger partial charge in [0.15, 0.2) is 0 Å². The highest BCUT2D eigenvalue weighted by Gasteiger charge is 1.99. The summed E-state index contributed by atoms with van der Waals surface area (Å²) in [6, 6.07) is 5.82. The predicted octanol–water partition coefficient (Wildman–Crippen LogP) is 2.81. The number of hydrogen-bond acceptors (Lipinski definition) is 2. The molecule has 1 aromatic rings. The molecule has 0 saturated carbocycles. The first-order chi connectivity index (χ1) is 6.74. The maximum Gasteiger partial charge on any atom is 0.0721 e. The monoisotopic (exact) mass is 214 g/mol. The van der Waals surface area contributed by atoms with Crippen molar-refractivity contribution < 1.29 is 9.47 Å². The van der Waals surface area contributed by atoms with Gasteiger partial charge in [0.1, 0.15) is 0 Å². The minimum atomic E-state index is 0.593. The number of halogens is 1. The summed E-state index contributed by atoms with van der Waals surface area (Å²) in [4.78, 5) is 0. The van der Waals surface area contributed by atoms with Crippen molar-refractivity contribution in [3.8, 4) is 0 Å². The molecule has 0 aliphatic rings. The fraction of sp³-hybridized carbons (Fsp3) is 0.455. The van der Waals surface area contributed by atoms with Crippen LogP contribution in [0.3, 0.4) is 0 Å². The first-order valence-electron chi connectivity index (χ1n) is 4.55. The van der Waals surface area contributed by atoms with Crippen LogP contribution in [0.1, 0.15) is 11.1 Å². The molecule has 0 heterocycles. The van der Waals surface area contributed by atoms with Crippen LogP contribution < -0.4 is 0 Å². The van der Waals surface area contributed by atoms with Crippen molar-refractivity contribution in [1.29, 1.82) is 0 Å². The smallest absolute Gasteiger partial charge is 0.0721 e. The summed E-state index contributed by atoms with van der Waals surface area (Å²) in [6.45, 7) is 3.88. The largest absolute Gasteiger partial charge is 0.382 e. The van der Waals surface area contributed by atoms with Crippen molar-refractivity contribution in [2.75, 3.05) is 20.3 Å². The topological polar surface area (TPSA) is 18.5 Å². The predicted molar refractivity (Wildman–Crippen MR) is 57.7 cm³/mol. The van der Waals surface area contributed by atoms with Crippen molar-refractivity contribution in [1.82, 2.24) is 0 Å². The van der Waals surface area contributed by atoms with Crippen molar-refractivity contribution >= 4 is 11.6 Å². The van der Waals surface area contributed by atoms with Gasteiger partial charge >= 0.3 is 0 Å². The Morgan fingerprint density at radius 3 is 2.79 bits per heavy atom. The number of hydrogen-bond donors (Lipinski definition) is 0. The van der Waals surface area contributed by atoms with E-state index in [4.69, 9.17) is 21.1 Å². The van der Waals surface area contributed by atoms with E-state index in [1.165, 1.54) is 5.56 Å². The van der Waals surface area contributed by atoms with Gasteiger partial charge in [-0.2, -0.15) is 0 Å². The molecule has 1 aromatic carbocycles. The van der Waals surface area contributed by atoms with Gasteiger partial charge < -0.3 is 9.47 Å². The lowest BCUT2D eigenvalue weighted by Gasteiger charge is -2.07. The summed E-state index contributed by atoms with van der Waals surface area (Å²) in [6.07, 6.45) is 0. The zero-order chi connectivity index (χ0) is 10.4. The van der Waals surface area contributed by atoms with Gasteiger partial charge in [0.2, 0.25) is 0 Å². The molecule has 0 saturated heterocycles. The molecular weight excluding hydrogens is 200 g/mol. The number of aryl methyl sites for hydroxylation is 1. The number of methoxy groups -OCH3 is 1. The van der Waals surface area contributed by atoms with Crippen LogP contribution in [0.25, 0.3) is 0 Å². The van der Waals surface area contributed by atoms with Crippen LogP contribution in [-0.4, -0.2) is 20.3 Å². The zero-order valence-electron chi connectivity index (χ0n) is 8.55. The third kappa shape index (κ3) is 3.66. The van der Waals surface area contributed by atoms with E-state index in [9.17, 15) is 0 Å². The fourth-order valence-corrected chi connectivity index (χ4v) is 1.31. The Morgan fingerprint density at radius 1 is 1.29 bits per heavy atom. The Morgan fingerprint density at radius 2 is 2.07 bits per heavy atom. The molecule has 0 aliphatic carbocycles. The molecule has 0 atom stereocenters. The average molecular weight is 215 g/mol. The van der Waals surface area contributed by atoms with Crippen molar-refractivity contribution in [3.63, 3.8) is 0 Å². The quantitative estimate of drug-likeness (QED) is 0.702. The molecule has 14 heavy (non-hydrogen) atoms. The Balaban J connectivity index is 2.45. The minimum Gasteiger partial charge on any atom is -0.382 e. The SMILES string of the molecule is COCCOCc1cc(Cl)ccc1C. The summed E-state index contributed by atoms with van der Waals surface area (Å²) >= 11 is 5.88. The lowest BCUT2D eigenvalue weighted by Crippen LogP contribution is -2.02. The van der Waals surface area contributed by atoms with Crippen LogP contribution in [0.15, 0.2) is 18.2 Å². The third-order valence-electron chi connectivity index (χ3n) is 2.00. The summed E-state index contributed by atoms with van der Waals surface area (Å²) in [5.41, 5.74) is 2.33. The van der Waals surface area contributed by atoms with Gasteiger partial charge in [-0.05, 0) is 30.2 Å². The molecule has 0 bridgehead atoms. The minimum absolute atomic E-state index is 0.593. The first-order valence-corrected chi connectivity index (χ1v) is 4.93. The van der Waals surface area contributed by atoms with Gasteiger partial charge in [0, 0.05) is 12.1 Å². The molecule has 78 valence electrons. The van der Waals surface area contributed by atoms with E-state index in [-0.39, 0.29) is 0 Å². The van der Waals surface area contributed by atoms with E-state index in [0.29, 0.717) is 19.8 Å². The van der Waals surface area contributed by atoms with Crippen molar-refractivity contribution in [2.24, 2.45) is 0 Å². The van der Waals surface area contributed by atoms with Crippen LogP contribution in [0.2, 0.25) is 5.02 Å². The second-order valence-electron chi connectivity index (χ2n) is 3.12. The van der Waals surface area contributed by atoms with E-state index in [0.717, 1.165) is 10.6 Å². The molecule has 2 nitrogen and oxygen atoms in total. The van der Waals surface area contributed by atoms with Crippen LogP contribution in [0, 0.1) is 6.92 Å². The normalized spacial score (nSPS) is 10.5. The van der Waals surface area contributed by atoms with E-state index in [2.05, 4.69) is 0 Å². The highest BCUT2D eigenvalue weighted by atomic mass is 35.5. The van der Waals surface area contributed by atoms with Gasteiger partial charge in [-0.25, -0.2) is 0 Å². The Hall–Kier alpha value is -0.570. The second kappa shape index (κ2) is 6.02. The lowest BCUT2D eigenvalue weighted by molar-refractivity contribution is 0.0614. The summed E-state index contributed by atoms with van der Waals surface area (Å²) in [5, 5.41) is 0.751. The lowest BCUT2D eigenvalue weighted by atomic mass is 10.1. The van der Waals surface area contributed by atoms with Crippen molar-refractivity contribution in [3.05, 3.63) is 34.3 Å². The molecule has 0 amide bonds. The third-order valence-corrected chi connectivity index (χ3v) is 2.24. The molecule has 0 unspecified atom stereocenters. The average Bonchev–Trinajstić information content (AvgIpc) is 2.18. The summed E-state index contributed by atoms with van der Waals surface area (Å²) < 4.78 is 10.3. The molecular formula is C11H15ClO2. The number of ether oxygens (including phenoxy) is 2. The van der Waals surface area contributed by atoms with Crippen molar-refractivity contribution in [2.45, 2.75) is 13.5 Å². The van der Waals surface area contributed by atoms with Crippen LogP contribution in [-0.2, 0) is 16.1 Å². The van der Waals surface area contributed by atoms with Gasteiger partial charge in [0.25, 0.3) is 0 Å². The maximum absolute atomic E-state index is 5.88. The van der Waals surface area contributed by atoms with E-state index in [1.807, 2.05) is 25.1 Å². The van der Waals surface area contributed by atoms with Gasteiger partial charge in [-0.1, -0.05) is 17.7 Å². The Bertz CT molecular complexity index is 287. The standard InChI is InChI=1S/C11H15ClO2/c1-9-3-4-11(12)7-10(9)8-14-6-5-13-2/h3-4,7H,5-6,8H2,1-2H3. The van der Waals surface area contributed by atoms with Gasteiger partial charge in [-0.15, -0.1) is 0 Å². The fourth-order valence-electron chi connectivity index (χ4n) is 1.12. The van der Waals surface area contributed by atoms with Crippen LogP contribution in [0.4, 0.5) is 0 Å². The highest BCUT2D eigenvalue weighted by Crippen LogP contribution is 2.15. The highest BCUT2D eigenvalue weighted by molar-refractivity contribution is 6.30. The van der Waals surface area contributed by atoms with Gasteiger partial charge in [-0.3, -0.25) is 0 Å². The maximum atomic E-state index is 5.88. The molecule has 0 spiro atoms. The summed E-state index contributed by atoms with van der Waals surface area (Å²) in [5.74, 6) is 0. The van der Waals surface area contributed by atoms with E-state index >= 15 is 0 Å². The number of benzene rings is 1. The Kier molecular flexibility index (Phi) is 4.94. The zero-order valence-corrected chi connectivity index (χ0v) is 9.30. The Labute approximate surface area is 89.8 Å². The summed E-state index contributed by atoms with van der Waals surface area (Å²) in [7, 11) is 1.66. The molecule has 0 fully saturated rings. The molecule has 0 aromatic heterocycles. The van der Waals surface area contributed by atoms with E-state index in [1.54, 1.807) is 7.11 Å². The van der Waals surface area contributed by atoms with Crippen LogP contribution in [0.5, 0.6) is 0 Å². The van der Waals surface area contributed by atoms with Gasteiger partial charge in [0.05, 0.1) is 19.8 Å². The molecule has 0 N–H and O–H groups in total. The molecule has 3 heteroatoms.